The third-order valence-electron chi connectivity index (χ3n) is 2.59. The Morgan fingerprint density at radius 3 is 2.88 bits per heavy atom. The van der Waals surface area contributed by atoms with Crippen LogP contribution in [-0.4, -0.2) is 27.1 Å². The highest BCUT2D eigenvalue weighted by atomic mass is 79.9. The Morgan fingerprint density at radius 1 is 1.65 bits per heavy atom. The number of amides is 1. The van der Waals surface area contributed by atoms with Crippen molar-refractivity contribution in [3.05, 3.63) is 17.5 Å². The van der Waals surface area contributed by atoms with Gasteiger partial charge < -0.3 is 5.32 Å². The molecular formula is C12H20BrN3O. The number of carbonyl (C=O) groups excluding carboxylic acids is 1. The van der Waals surface area contributed by atoms with Crippen molar-refractivity contribution < 1.29 is 4.79 Å². The van der Waals surface area contributed by atoms with E-state index in [9.17, 15) is 4.79 Å². The predicted octanol–water partition coefficient (Wildman–Crippen LogP) is 2.28. The number of nitrogens with zero attached hydrogens (tertiary/aromatic N) is 2. The fourth-order valence-electron chi connectivity index (χ4n) is 1.59. The summed E-state index contributed by atoms with van der Waals surface area (Å²) in [5, 5.41) is 7.17. The summed E-state index contributed by atoms with van der Waals surface area (Å²) in [6, 6.07) is 1.85. The van der Waals surface area contributed by atoms with Crippen molar-refractivity contribution in [2.24, 2.45) is 7.05 Å². The van der Waals surface area contributed by atoms with Gasteiger partial charge in [-0.2, -0.15) is 5.10 Å². The summed E-state index contributed by atoms with van der Waals surface area (Å²) < 4.78 is 1.64. The average molecular weight is 302 g/mol. The summed E-state index contributed by atoms with van der Waals surface area (Å²) in [5.74, 6) is -0.0399. The quantitative estimate of drug-likeness (QED) is 0.647. The molecule has 96 valence electrons. The van der Waals surface area contributed by atoms with E-state index in [1.807, 2.05) is 13.0 Å². The largest absolute Gasteiger partial charge is 0.351 e. The Morgan fingerprint density at radius 2 is 2.35 bits per heavy atom. The Bertz CT molecular complexity index is 374. The zero-order valence-electron chi connectivity index (χ0n) is 10.7. The van der Waals surface area contributed by atoms with Crippen LogP contribution in [0.4, 0.5) is 0 Å². The maximum atomic E-state index is 11.9. The first-order valence-electron chi connectivity index (χ1n) is 5.99. The highest BCUT2D eigenvalue weighted by Gasteiger charge is 2.11. The van der Waals surface area contributed by atoms with Crippen molar-refractivity contribution in [2.45, 2.75) is 37.9 Å². The van der Waals surface area contributed by atoms with Gasteiger partial charge in [0.1, 0.15) is 5.69 Å². The molecule has 1 N–H and O–H groups in total. The molecule has 0 aliphatic heterocycles. The van der Waals surface area contributed by atoms with Crippen LogP contribution in [0.5, 0.6) is 0 Å². The summed E-state index contributed by atoms with van der Waals surface area (Å²) in [6.07, 6.45) is 2.89. The Hall–Kier alpha value is -0.840. The van der Waals surface area contributed by atoms with Crippen molar-refractivity contribution in [2.75, 3.05) is 6.54 Å². The fraction of sp³-hybridized carbons (Fsp3) is 0.667. The first-order chi connectivity index (χ1) is 8.04. The minimum absolute atomic E-state index is 0.0399. The second kappa shape index (κ2) is 6.79. The third kappa shape index (κ3) is 4.50. The van der Waals surface area contributed by atoms with Crippen molar-refractivity contribution >= 4 is 21.8 Å². The van der Waals surface area contributed by atoms with Crippen LogP contribution in [0.15, 0.2) is 6.07 Å². The highest BCUT2D eigenvalue weighted by molar-refractivity contribution is 9.09. The Balaban J connectivity index is 2.44. The first-order valence-corrected chi connectivity index (χ1v) is 6.91. The van der Waals surface area contributed by atoms with Crippen LogP contribution in [0.1, 0.15) is 42.9 Å². The van der Waals surface area contributed by atoms with E-state index >= 15 is 0 Å². The van der Waals surface area contributed by atoms with Crippen LogP contribution < -0.4 is 5.32 Å². The molecule has 1 aromatic rings. The number of alkyl halides is 1. The second-order valence-corrected chi connectivity index (χ2v) is 5.74. The number of nitrogens with one attached hydrogen (secondary N) is 1. The molecule has 0 fully saturated rings. The SMILES string of the molecule is CCc1cc(C(=O)NCCCC(C)Br)n(C)n1. The van der Waals surface area contributed by atoms with E-state index < -0.39 is 0 Å². The first kappa shape index (κ1) is 14.2. The maximum Gasteiger partial charge on any atom is 0.269 e. The number of hydrogen-bond donors (Lipinski definition) is 1. The van der Waals surface area contributed by atoms with Gasteiger partial charge in [-0.3, -0.25) is 9.48 Å². The molecule has 0 aromatic carbocycles. The van der Waals surface area contributed by atoms with Gasteiger partial charge in [-0.15, -0.1) is 0 Å². The number of halogens is 1. The standard InChI is InChI=1S/C12H20BrN3O/c1-4-10-8-11(16(3)15-10)12(17)14-7-5-6-9(2)13/h8-9H,4-7H2,1-3H3,(H,14,17). The van der Waals surface area contributed by atoms with E-state index in [1.165, 1.54) is 0 Å². The van der Waals surface area contributed by atoms with Crippen LogP contribution in [-0.2, 0) is 13.5 Å². The lowest BCUT2D eigenvalue weighted by atomic mass is 10.2. The molecule has 0 aliphatic rings. The lowest BCUT2D eigenvalue weighted by molar-refractivity contribution is 0.0943. The number of carbonyl (C=O) groups is 1. The van der Waals surface area contributed by atoms with Gasteiger partial charge in [0.2, 0.25) is 0 Å². The highest BCUT2D eigenvalue weighted by Crippen LogP contribution is 2.06. The molecule has 0 spiro atoms. The van der Waals surface area contributed by atoms with Crippen molar-refractivity contribution in [3.8, 4) is 0 Å². The molecule has 1 aromatic heterocycles. The molecule has 0 aliphatic carbocycles. The molecule has 0 bridgehead atoms. The Kier molecular flexibility index (Phi) is 5.68. The van der Waals surface area contributed by atoms with Crippen LogP contribution in [0.25, 0.3) is 0 Å². The van der Waals surface area contributed by atoms with E-state index in [0.29, 0.717) is 17.1 Å². The van der Waals surface area contributed by atoms with Gasteiger partial charge in [-0.1, -0.05) is 29.8 Å². The monoisotopic (exact) mass is 301 g/mol. The maximum absolute atomic E-state index is 11.9. The third-order valence-corrected chi connectivity index (χ3v) is 3.05. The minimum atomic E-state index is -0.0399. The van der Waals surface area contributed by atoms with E-state index in [0.717, 1.165) is 25.0 Å². The zero-order valence-corrected chi connectivity index (χ0v) is 12.2. The summed E-state index contributed by atoms with van der Waals surface area (Å²) in [6.45, 7) is 4.85. The number of hydrogen-bond acceptors (Lipinski definition) is 2. The predicted molar refractivity (Wildman–Crippen MR) is 72.5 cm³/mol. The summed E-state index contributed by atoms with van der Waals surface area (Å²) in [4.78, 5) is 12.4. The van der Waals surface area contributed by atoms with Crippen LogP contribution in [0.3, 0.4) is 0 Å². The van der Waals surface area contributed by atoms with Gasteiger partial charge in [-0.25, -0.2) is 0 Å². The van der Waals surface area contributed by atoms with E-state index in [-0.39, 0.29) is 5.91 Å². The molecule has 1 heterocycles. The van der Waals surface area contributed by atoms with Crippen LogP contribution in [0.2, 0.25) is 0 Å². The number of aromatic nitrogens is 2. The topological polar surface area (TPSA) is 46.9 Å². The molecule has 5 heteroatoms. The molecule has 17 heavy (non-hydrogen) atoms. The molecular weight excluding hydrogens is 282 g/mol. The van der Waals surface area contributed by atoms with Crippen molar-refractivity contribution in [1.29, 1.82) is 0 Å². The molecule has 1 amide bonds. The van der Waals surface area contributed by atoms with Crippen LogP contribution >= 0.6 is 15.9 Å². The van der Waals surface area contributed by atoms with Crippen molar-refractivity contribution in [3.63, 3.8) is 0 Å². The smallest absolute Gasteiger partial charge is 0.269 e. The van der Waals surface area contributed by atoms with E-state index in [4.69, 9.17) is 0 Å². The lowest BCUT2D eigenvalue weighted by Gasteiger charge is -2.06. The van der Waals surface area contributed by atoms with Gasteiger partial charge >= 0.3 is 0 Å². The van der Waals surface area contributed by atoms with Crippen molar-refractivity contribution in [1.82, 2.24) is 15.1 Å². The summed E-state index contributed by atoms with van der Waals surface area (Å²) >= 11 is 3.48. The molecule has 0 saturated carbocycles. The molecule has 0 radical (unpaired) electrons. The molecule has 0 saturated heterocycles. The van der Waals surface area contributed by atoms with Gasteiger partial charge in [0.25, 0.3) is 5.91 Å². The fourth-order valence-corrected chi connectivity index (χ4v) is 1.91. The summed E-state index contributed by atoms with van der Waals surface area (Å²) in [7, 11) is 1.80. The zero-order chi connectivity index (χ0) is 12.8. The average Bonchev–Trinajstić information content (AvgIpc) is 2.65. The second-order valence-electron chi connectivity index (χ2n) is 4.18. The number of rotatable bonds is 6. The minimum Gasteiger partial charge on any atom is -0.351 e. The van der Waals surface area contributed by atoms with Gasteiger partial charge in [0, 0.05) is 18.4 Å². The lowest BCUT2D eigenvalue weighted by Crippen LogP contribution is -2.26. The van der Waals surface area contributed by atoms with Gasteiger partial charge in [0.15, 0.2) is 0 Å². The van der Waals surface area contributed by atoms with E-state index in [1.54, 1.807) is 11.7 Å². The van der Waals surface area contributed by atoms with Crippen LogP contribution in [0, 0.1) is 0 Å². The van der Waals surface area contributed by atoms with Gasteiger partial charge in [0.05, 0.1) is 5.69 Å². The van der Waals surface area contributed by atoms with Gasteiger partial charge in [-0.05, 0) is 25.3 Å². The molecule has 4 nitrogen and oxygen atoms in total. The number of aryl methyl sites for hydroxylation is 2. The molecule has 1 atom stereocenters. The normalized spacial score (nSPS) is 12.5. The van der Waals surface area contributed by atoms with E-state index in [2.05, 4.69) is 33.3 Å². The summed E-state index contributed by atoms with van der Waals surface area (Å²) in [5.41, 5.74) is 1.58. The molecule has 1 unspecified atom stereocenters. The Labute approximate surface area is 111 Å². The molecule has 1 rings (SSSR count).